The third-order valence-corrected chi connectivity index (χ3v) is 8.02. The van der Waals surface area contributed by atoms with Gasteiger partial charge in [0.25, 0.3) is 0 Å². The number of aliphatic carboxylic acids is 1. The van der Waals surface area contributed by atoms with Crippen LogP contribution in [0.15, 0.2) is 42.5 Å². The highest BCUT2D eigenvalue weighted by Crippen LogP contribution is 2.47. The monoisotopic (exact) mass is 494 g/mol. The van der Waals surface area contributed by atoms with Crippen molar-refractivity contribution in [1.29, 1.82) is 0 Å². The molecule has 0 radical (unpaired) electrons. The highest BCUT2D eigenvalue weighted by molar-refractivity contribution is 5.79. The number of likely N-dealkylation sites (N-methyl/N-ethyl adjacent to an activating group) is 1. The predicted octanol–water partition coefficient (Wildman–Crippen LogP) is 4.06. The van der Waals surface area contributed by atoms with Crippen molar-refractivity contribution in [2.24, 2.45) is 5.92 Å². The maximum atomic E-state index is 13.4. The highest BCUT2D eigenvalue weighted by atomic mass is 16.7. The number of carbonyl (C=O) groups is 2. The molecule has 8 nitrogen and oxygen atoms in total. The van der Waals surface area contributed by atoms with Gasteiger partial charge in [-0.15, -0.1) is 0 Å². The second-order valence-corrected chi connectivity index (χ2v) is 10.0. The average Bonchev–Trinajstić information content (AvgIpc) is 3.53. The van der Waals surface area contributed by atoms with Crippen molar-refractivity contribution in [2.45, 2.75) is 50.1 Å². The number of carboxylic acids is 1. The van der Waals surface area contributed by atoms with Crippen molar-refractivity contribution in [3.05, 3.63) is 53.6 Å². The van der Waals surface area contributed by atoms with E-state index in [2.05, 4.69) is 0 Å². The third-order valence-electron chi connectivity index (χ3n) is 8.02. The first-order chi connectivity index (χ1) is 17.5. The lowest BCUT2D eigenvalue weighted by Gasteiger charge is -2.34. The van der Waals surface area contributed by atoms with Gasteiger partial charge in [0.05, 0.1) is 19.6 Å². The number of methoxy groups -OCH3 is 1. The first-order valence-electron chi connectivity index (χ1n) is 12.7. The van der Waals surface area contributed by atoms with Crippen LogP contribution in [0.5, 0.6) is 17.2 Å². The van der Waals surface area contributed by atoms with Gasteiger partial charge < -0.3 is 24.2 Å². The van der Waals surface area contributed by atoms with E-state index >= 15 is 0 Å². The van der Waals surface area contributed by atoms with Crippen molar-refractivity contribution in [2.75, 3.05) is 34.0 Å². The molecular weight excluding hydrogens is 460 g/mol. The summed E-state index contributed by atoms with van der Waals surface area (Å²) in [6.07, 6.45) is 5.58. The van der Waals surface area contributed by atoms with Crippen LogP contribution in [0.1, 0.15) is 55.2 Å². The molecule has 1 saturated heterocycles. The topological polar surface area (TPSA) is 88.5 Å². The van der Waals surface area contributed by atoms with Crippen LogP contribution in [0.2, 0.25) is 0 Å². The van der Waals surface area contributed by atoms with Crippen LogP contribution in [0.4, 0.5) is 0 Å². The molecule has 3 unspecified atom stereocenters. The van der Waals surface area contributed by atoms with E-state index in [1.54, 1.807) is 7.11 Å². The van der Waals surface area contributed by atoms with Gasteiger partial charge in [-0.3, -0.25) is 14.5 Å². The molecule has 1 aliphatic carbocycles. The smallest absolute Gasteiger partial charge is 0.309 e. The molecule has 36 heavy (non-hydrogen) atoms. The van der Waals surface area contributed by atoms with Crippen molar-refractivity contribution in [1.82, 2.24) is 9.80 Å². The largest absolute Gasteiger partial charge is 0.497 e. The molecule has 1 amide bonds. The van der Waals surface area contributed by atoms with Gasteiger partial charge in [0.1, 0.15) is 5.75 Å². The average molecular weight is 495 g/mol. The number of likely N-dealkylation sites (tertiary alicyclic amines) is 1. The fraction of sp³-hybridized carbons (Fsp3) is 0.500. The Morgan fingerprint density at radius 1 is 1.03 bits per heavy atom. The molecule has 1 N–H and O–H groups in total. The van der Waals surface area contributed by atoms with Crippen LogP contribution < -0.4 is 14.2 Å². The van der Waals surface area contributed by atoms with E-state index in [4.69, 9.17) is 14.2 Å². The lowest BCUT2D eigenvalue weighted by molar-refractivity contribution is -0.144. The van der Waals surface area contributed by atoms with Gasteiger partial charge in [-0.25, -0.2) is 0 Å². The molecule has 0 bridgehead atoms. The summed E-state index contributed by atoms with van der Waals surface area (Å²) in [6, 6.07) is 12.9. The quantitative estimate of drug-likeness (QED) is 0.621. The summed E-state index contributed by atoms with van der Waals surface area (Å²) in [5.41, 5.74) is 1.74. The lowest BCUT2D eigenvalue weighted by Crippen LogP contribution is -2.44. The Bertz CT molecular complexity index is 1100. The minimum absolute atomic E-state index is 0.0379. The maximum Gasteiger partial charge on any atom is 0.309 e. The van der Waals surface area contributed by atoms with Gasteiger partial charge in [0.2, 0.25) is 12.7 Å². The summed E-state index contributed by atoms with van der Waals surface area (Å²) in [5, 5.41) is 10.4. The first-order valence-corrected chi connectivity index (χ1v) is 12.7. The number of hydrogen-bond donors (Lipinski definition) is 1. The Hall–Kier alpha value is -3.26. The molecule has 5 rings (SSSR count). The molecule has 2 aliphatic heterocycles. The van der Waals surface area contributed by atoms with Crippen molar-refractivity contribution >= 4 is 11.9 Å². The SMILES string of the molecule is COc1ccc(C2C(C(=O)O)C(c3ccc4c(c3)OCO4)CN2CC(=O)N(C)C2CCCCC2)cc1. The van der Waals surface area contributed by atoms with E-state index in [0.717, 1.165) is 36.8 Å². The number of hydrogen-bond acceptors (Lipinski definition) is 6. The van der Waals surface area contributed by atoms with Crippen LogP contribution in [0.3, 0.4) is 0 Å². The second-order valence-electron chi connectivity index (χ2n) is 10.0. The normalized spacial score (nSPS) is 24.0. The third kappa shape index (κ3) is 4.74. The molecule has 1 saturated carbocycles. The van der Waals surface area contributed by atoms with Crippen LogP contribution in [-0.2, 0) is 9.59 Å². The summed E-state index contributed by atoms with van der Waals surface area (Å²) in [4.78, 5) is 30.1. The summed E-state index contributed by atoms with van der Waals surface area (Å²) in [6.45, 7) is 0.792. The zero-order valence-corrected chi connectivity index (χ0v) is 20.9. The number of fused-ring (bicyclic) bond motifs is 1. The van der Waals surface area contributed by atoms with Crippen molar-refractivity contribution < 1.29 is 28.9 Å². The summed E-state index contributed by atoms with van der Waals surface area (Å²) >= 11 is 0. The molecule has 192 valence electrons. The van der Waals surface area contributed by atoms with Gasteiger partial charge in [0, 0.05) is 31.6 Å². The lowest BCUT2D eigenvalue weighted by atomic mass is 9.82. The fourth-order valence-corrected chi connectivity index (χ4v) is 6.03. The Morgan fingerprint density at radius 3 is 2.42 bits per heavy atom. The van der Waals surface area contributed by atoms with Crippen LogP contribution >= 0.6 is 0 Å². The number of carbonyl (C=O) groups excluding carboxylic acids is 1. The minimum Gasteiger partial charge on any atom is -0.497 e. The first kappa shape index (κ1) is 24.4. The Labute approximate surface area is 211 Å². The van der Waals surface area contributed by atoms with Crippen molar-refractivity contribution in [3.63, 3.8) is 0 Å². The number of carboxylic acid groups (broad SMARTS) is 1. The van der Waals surface area contributed by atoms with Crippen LogP contribution in [0, 0.1) is 5.92 Å². The van der Waals surface area contributed by atoms with Crippen LogP contribution in [-0.4, -0.2) is 66.9 Å². The molecular formula is C28H34N2O6. The van der Waals surface area contributed by atoms with Gasteiger partial charge in [-0.1, -0.05) is 37.5 Å². The molecule has 2 aromatic carbocycles. The number of amides is 1. The van der Waals surface area contributed by atoms with E-state index in [1.165, 1.54) is 6.42 Å². The summed E-state index contributed by atoms with van der Waals surface area (Å²) in [5.74, 6) is 0.115. The zero-order chi connectivity index (χ0) is 25.2. The molecule has 8 heteroatoms. The van der Waals surface area contributed by atoms with E-state index < -0.39 is 17.9 Å². The number of nitrogens with zero attached hydrogens (tertiary/aromatic N) is 2. The Morgan fingerprint density at radius 2 is 1.72 bits per heavy atom. The Balaban J connectivity index is 1.46. The van der Waals surface area contributed by atoms with Crippen LogP contribution in [0.25, 0.3) is 0 Å². The van der Waals surface area contributed by atoms with Gasteiger partial charge in [-0.05, 0) is 48.2 Å². The fourth-order valence-electron chi connectivity index (χ4n) is 6.03. The predicted molar refractivity (Wildman–Crippen MR) is 133 cm³/mol. The minimum atomic E-state index is -0.880. The van der Waals surface area contributed by atoms with Gasteiger partial charge in [-0.2, -0.15) is 0 Å². The maximum absolute atomic E-state index is 13.4. The van der Waals surface area contributed by atoms with Gasteiger partial charge >= 0.3 is 5.97 Å². The zero-order valence-electron chi connectivity index (χ0n) is 20.9. The molecule has 3 atom stereocenters. The number of ether oxygens (including phenoxy) is 3. The Kier molecular flexibility index (Phi) is 7.05. The summed E-state index contributed by atoms with van der Waals surface area (Å²) in [7, 11) is 3.49. The molecule has 3 aliphatic rings. The number of benzene rings is 2. The second kappa shape index (κ2) is 10.4. The highest BCUT2D eigenvalue weighted by Gasteiger charge is 2.48. The van der Waals surface area contributed by atoms with E-state index in [0.29, 0.717) is 23.8 Å². The van der Waals surface area contributed by atoms with Crippen molar-refractivity contribution in [3.8, 4) is 17.2 Å². The van der Waals surface area contributed by atoms with E-state index in [9.17, 15) is 14.7 Å². The molecule has 2 fully saturated rings. The standard InChI is InChI=1S/C28H34N2O6/c1-29(20-6-4-3-5-7-20)25(31)16-30-15-22(19-10-13-23-24(14-19)36-17-35-23)26(28(32)33)27(30)18-8-11-21(34-2)12-9-18/h8-14,20,22,26-27H,3-7,15-17H2,1-2H3,(H,32,33). The molecule has 2 heterocycles. The van der Waals surface area contributed by atoms with E-state index in [1.807, 2.05) is 59.3 Å². The van der Waals surface area contributed by atoms with Gasteiger partial charge in [0.15, 0.2) is 11.5 Å². The molecule has 0 aromatic heterocycles. The summed E-state index contributed by atoms with van der Waals surface area (Å²) < 4.78 is 16.3. The van der Waals surface area contributed by atoms with E-state index in [-0.39, 0.29) is 31.2 Å². The molecule has 0 spiro atoms. The number of rotatable bonds is 7. The molecule has 2 aromatic rings.